The summed E-state index contributed by atoms with van der Waals surface area (Å²) in [6.07, 6.45) is 1.74. The molecule has 1 aliphatic rings. The van der Waals surface area contributed by atoms with Crippen LogP contribution in [0, 0.1) is 11.3 Å². The van der Waals surface area contributed by atoms with Crippen LogP contribution in [-0.2, 0) is 10.2 Å². The van der Waals surface area contributed by atoms with Gasteiger partial charge in [0.1, 0.15) is 6.04 Å². The monoisotopic (exact) mass is 342 g/mol. The van der Waals surface area contributed by atoms with E-state index in [-0.39, 0.29) is 11.9 Å². The largest absolute Gasteiger partial charge is 0.347 e. The van der Waals surface area contributed by atoms with Gasteiger partial charge in [0.15, 0.2) is 0 Å². The van der Waals surface area contributed by atoms with Gasteiger partial charge < -0.3 is 15.1 Å². The molecule has 134 valence electrons. The molecule has 3 amide bonds. The lowest BCUT2D eigenvalue weighted by molar-refractivity contribution is -0.130. The van der Waals surface area contributed by atoms with Gasteiger partial charge in [-0.2, -0.15) is 5.26 Å². The summed E-state index contributed by atoms with van der Waals surface area (Å²) in [5, 5.41) is 12.5. The number of hydrogen-bond acceptors (Lipinski definition) is 3. The minimum Gasteiger partial charge on any atom is -0.347 e. The van der Waals surface area contributed by atoms with Crippen molar-refractivity contribution in [2.24, 2.45) is 0 Å². The third kappa shape index (κ3) is 4.11. The van der Waals surface area contributed by atoms with E-state index in [1.54, 1.807) is 19.0 Å². The topological polar surface area (TPSA) is 76.4 Å². The minimum absolute atomic E-state index is 0.108. The fourth-order valence-electron chi connectivity index (χ4n) is 3.20. The third-order valence-electron chi connectivity index (χ3n) is 4.89. The second kappa shape index (κ2) is 8.02. The Morgan fingerprint density at radius 2 is 1.88 bits per heavy atom. The molecule has 25 heavy (non-hydrogen) atoms. The molecular formula is C19H26N4O2. The zero-order valence-corrected chi connectivity index (χ0v) is 15.2. The minimum atomic E-state index is -0.540. The van der Waals surface area contributed by atoms with Crippen LogP contribution in [0.5, 0.6) is 0 Å². The fourth-order valence-corrected chi connectivity index (χ4v) is 3.20. The van der Waals surface area contributed by atoms with Crippen LogP contribution >= 0.6 is 0 Å². The van der Waals surface area contributed by atoms with Crippen LogP contribution in [0.2, 0.25) is 0 Å². The molecule has 0 radical (unpaired) electrons. The van der Waals surface area contributed by atoms with Gasteiger partial charge in [0, 0.05) is 27.2 Å². The summed E-state index contributed by atoms with van der Waals surface area (Å²) in [6.45, 7) is 2.88. The van der Waals surface area contributed by atoms with E-state index in [1.807, 2.05) is 37.3 Å². The number of nitriles is 1. The number of nitrogens with zero attached hydrogens (tertiary/aromatic N) is 3. The summed E-state index contributed by atoms with van der Waals surface area (Å²) in [5.74, 6) is -0.108. The fraction of sp³-hybridized carbons (Fsp3) is 0.526. The van der Waals surface area contributed by atoms with E-state index in [2.05, 4.69) is 11.4 Å². The molecule has 2 rings (SSSR count). The lowest BCUT2D eigenvalue weighted by Gasteiger charge is -2.38. The second-order valence-electron chi connectivity index (χ2n) is 6.69. The molecule has 0 bridgehead atoms. The zero-order valence-electron chi connectivity index (χ0n) is 15.2. The molecule has 0 aromatic heterocycles. The van der Waals surface area contributed by atoms with Gasteiger partial charge >= 0.3 is 6.03 Å². The third-order valence-corrected chi connectivity index (χ3v) is 4.89. The lowest BCUT2D eigenvalue weighted by atomic mass is 9.74. The Hall–Kier alpha value is -2.55. The van der Waals surface area contributed by atoms with Gasteiger partial charge in [0.2, 0.25) is 5.91 Å². The Balaban J connectivity index is 2.00. The molecule has 1 fully saturated rings. The van der Waals surface area contributed by atoms with Crippen molar-refractivity contribution < 1.29 is 9.59 Å². The molecule has 6 nitrogen and oxygen atoms in total. The van der Waals surface area contributed by atoms with Crippen LogP contribution in [0.25, 0.3) is 0 Å². The van der Waals surface area contributed by atoms with Gasteiger partial charge in [0.05, 0.1) is 11.5 Å². The van der Waals surface area contributed by atoms with Crippen molar-refractivity contribution >= 4 is 11.9 Å². The highest BCUT2D eigenvalue weighted by Crippen LogP contribution is 2.34. The molecular weight excluding hydrogens is 316 g/mol. The van der Waals surface area contributed by atoms with Crippen molar-refractivity contribution in [2.75, 3.05) is 27.2 Å². The molecule has 1 atom stereocenters. The molecule has 1 N–H and O–H groups in total. The van der Waals surface area contributed by atoms with Crippen molar-refractivity contribution in [1.82, 2.24) is 15.1 Å². The first-order valence-electron chi connectivity index (χ1n) is 8.67. The Labute approximate surface area is 149 Å². The number of rotatable bonds is 4. The number of urea groups is 1. The van der Waals surface area contributed by atoms with Gasteiger partial charge in [-0.15, -0.1) is 0 Å². The molecule has 1 aliphatic heterocycles. The highest BCUT2D eigenvalue weighted by atomic mass is 16.2. The van der Waals surface area contributed by atoms with E-state index < -0.39 is 11.5 Å². The van der Waals surface area contributed by atoms with Crippen LogP contribution in [0.15, 0.2) is 30.3 Å². The summed E-state index contributed by atoms with van der Waals surface area (Å²) in [6, 6.07) is 11.5. The number of carbonyl (C=O) groups excluding carboxylic acids is 2. The molecule has 1 saturated heterocycles. The van der Waals surface area contributed by atoms with E-state index in [4.69, 9.17) is 0 Å². The first-order valence-corrected chi connectivity index (χ1v) is 8.67. The lowest BCUT2D eigenvalue weighted by Crippen LogP contribution is -2.53. The van der Waals surface area contributed by atoms with Crippen LogP contribution < -0.4 is 5.32 Å². The van der Waals surface area contributed by atoms with E-state index in [0.717, 1.165) is 5.56 Å². The first-order chi connectivity index (χ1) is 11.9. The molecule has 1 heterocycles. The normalized spacial score (nSPS) is 17.3. The number of hydrogen-bond donors (Lipinski definition) is 1. The summed E-state index contributed by atoms with van der Waals surface area (Å²) >= 11 is 0. The smallest absolute Gasteiger partial charge is 0.318 e. The van der Waals surface area contributed by atoms with Crippen molar-refractivity contribution in [3.05, 3.63) is 35.9 Å². The van der Waals surface area contributed by atoms with Gasteiger partial charge in [0.25, 0.3) is 0 Å². The van der Waals surface area contributed by atoms with Crippen LogP contribution in [0.3, 0.4) is 0 Å². The number of carbonyl (C=O) groups is 2. The van der Waals surface area contributed by atoms with Gasteiger partial charge in [-0.05, 0) is 24.8 Å². The number of nitrogens with one attached hydrogen (secondary N) is 1. The summed E-state index contributed by atoms with van der Waals surface area (Å²) in [7, 11) is 3.36. The van der Waals surface area contributed by atoms with Crippen LogP contribution in [0.1, 0.15) is 31.7 Å². The molecule has 0 spiro atoms. The van der Waals surface area contributed by atoms with Crippen LogP contribution in [-0.4, -0.2) is 55.0 Å². The van der Waals surface area contributed by atoms with E-state index in [9.17, 15) is 14.9 Å². The standard InChI is InChI=1S/C19H26N4O2/c1-4-16(17(24)22(2)3)21-18(25)23-12-10-19(14-20,11-13-23)15-8-6-5-7-9-15/h5-9,16H,4,10-13H2,1-3H3,(H,21,25)/t16-/m1/s1. The molecule has 1 aromatic carbocycles. The van der Waals surface area contributed by atoms with Crippen molar-refractivity contribution in [3.8, 4) is 6.07 Å². The van der Waals surface area contributed by atoms with Crippen LogP contribution in [0.4, 0.5) is 4.79 Å². The summed E-state index contributed by atoms with van der Waals surface area (Å²) < 4.78 is 0. The predicted octanol–water partition coefficient (Wildman–Crippen LogP) is 2.12. The Kier molecular flexibility index (Phi) is 6.02. The Bertz CT molecular complexity index is 643. The maximum Gasteiger partial charge on any atom is 0.318 e. The summed E-state index contributed by atoms with van der Waals surface area (Å²) in [4.78, 5) is 27.8. The SMILES string of the molecule is CC[C@@H](NC(=O)N1CCC(C#N)(c2ccccc2)CC1)C(=O)N(C)C. The van der Waals surface area contributed by atoms with E-state index in [0.29, 0.717) is 32.4 Å². The van der Waals surface area contributed by atoms with E-state index in [1.165, 1.54) is 4.90 Å². The molecule has 1 aromatic rings. The van der Waals surface area contributed by atoms with Gasteiger partial charge in [-0.3, -0.25) is 4.79 Å². The highest BCUT2D eigenvalue weighted by Gasteiger charge is 2.38. The molecule has 0 aliphatic carbocycles. The van der Waals surface area contributed by atoms with Gasteiger partial charge in [-0.25, -0.2) is 4.79 Å². The maximum absolute atomic E-state index is 12.5. The predicted molar refractivity (Wildman–Crippen MR) is 95.8 cm³/mol. The van der Waals surface area contributed by atoms with Crippen molar-refractivity contribution in [3.63, 3.8) is 0 Å². The van der Waals surface area contributed by atoms with E-state index >= 15 is 0 Å². The molecule has 0 unspecified atom stereocenters. The second-order valence-corrected chi connectivity index (χ2v) is 6.69. The Morgan fingerprint density at radius 3 is 2.36 bits per heavy atom. The zero-order chi connectivity index (χ0) is 18.4. The average Bonchev–Trinajstić information content (AvgIpc) is 2.66. The maximum atomic E-state index is 12.5. The van der Waals surface area contributed by atoms with Crippen molar-refractivity contribution in [2.45, 2.75) is 37.6 Å². The quantitative estimate of drug-likeness (QED) is 0.910. The number of likely N-dealkylation sites (N-methyl/N-ethyl adjacent to an activating group) is 1. The number of likely N-dealkylation sites (tertiary alicyclic amines) is 1. The first kappa shape index (κ1) is 18.8. The molecule has 6 heteroatoms. The van der Waals surface area contributed by atoms with Crippen molar-refractivity contribution in [1.29, 1.82) is 5.26 Å². The number of amides is 3. The molecule has 0 saturated carbocycles. The summed E-state index contributed by atoms with van der Waals surface area (Å²) in [5.41, 5.74) is 0.466. The number of benzene rings is 1. The average molecular weight is 342 g/mol. The number of piperidine rings is 1. The highest BCUT2D eigenvalue weighted by molar-refractivity contribution is 5.86. The van der Waals surface area contributed by atoms with Gasteiger partial charge in [-0.1, -0.05) is 37.3 Å². The Morgan fingerprint density at radius 1 is 1.28 bits per heavy atom.